The van der Waals surface area contributed by atoms with E-state index in [4.69, 9.17) is 5.11 Å². The van der Waals surface area contributed by atoms with Crippen molar-refractivity contribution in [1.82, 2.24) is 0 Å². The summed E-state index contributed by atoms with van der Waals surface area (Å²) in [6.07, 6.45) is 2.43. The lowest BCUT2D eigenvalue weighted by atomic mass is 9.89. The van der Waals surface area contributed by atoms with Crippen LogP contribution in [0, 0.1) is 5.41 Å². The van der Waals surface area contributed by atoms with Crippen LogP contribution in [0.15, 0.2) is 24.3 Å². The SMILES string of the molecule is CCCc1ccc(NCC(C)(C)CC(=O)O)cc1. The maximum absolute atomic E-state index is 10.7. The van der Waals surface area contributed by atoms with Gasteiger partial charge in [-0.05, 0) is 29.5 Å². The molecular weight excluding hydrogens is 226 g/mol. The zero-order valence-corrected chi connectivity index (χ0v) is 11.5. The second kappa shape index (κ2) is 6.43. The van der Waals surface area contributed by atoms with Gasteiger partial charge in [0.25, 0.3) is 0 Å². The normalized spacial score (nSPS) is 11.3. The number of carboxylic acids is 1. The molecule has 0 fully saturated rings. The molecule has 0 aliphatic rings. The molecule has 3 nitrogen and oxygen atoms in total. The monoisotopic (exact) mass is 249 g/mol. The maximum atomic E-state index is 10.7. The van der Waals surface area contributed by atoms with Crippen molar-refractivity contribution in [2.24, 2.45) is 5.41 Å². The molecule has 0 aromatic heterocycles. The van der Waals surface area contributed by atoms with Crippen molar-refractivity contribution >= 4 is 11.7 Å². The summed E-state index contributed by atoms with van der Waals surface area (Å²) in [5.41, 5.74) is 2.15. The molecule has 0 aliphatic carbocycles. The van der Waals surface area contributed by atoms with Crippen molar-refractivity contribution in [2.45, 2.75) is 40.0 Å². The second-order valence-electron chi connectivity index (χ2n) is 5.54. The van der Waals surface area contributed by atoms with Gasteiger partial charge in [0, 0.05) is 12.2 Å². The zero-order valence-electron chi connectivity index (χ0n) is 11.5. The number of benzene rings is 1. The first-order chi connectivity index (χ1) is 8.43. The van der Waals surface area contributed by atoms with Gasteiger partial charge in [-0.3, -0.25) is 4.79 Å². The van der Waals surface area contributed by atoms with Gasteiger partial charge in [-0.2, -0.15) is 0 Å². The number of nitrogens with one attached hydrogen (secondary N) is 1. The Bertz CT molecular complexity index is 382. The molecule has 3 heteroatoms. The predicted molar refractivity (Wildman–Crippen MR) is 75.0 cm³/mol. The third-order valence-corrected chi connectivity index (χ3v) is 2.89. The van der Waals surface area contributed by atoms with Crippen LogP contribution in [0.4, 0.5) is 5.69 Å². The second-order valence-corrected chi connectivity index (χ2v) is 5.54. The van der Waals surface area contributed by atoms with Gasteiger partial charge in [0.15, 0.2) is 0 Å². The summed E-state index contributed by atoms with van der Waals surface area (Å²) in [5, 5.41) is 12.1. The molecule has 1 aromatic carbocycles. The van der Waals surface area contributed by atoms with Gasteiger partial charge in [-0.1, -0.05) is 39.3 Å². The fraction of sp³-hybridized carbons (Fsp3) is 0.533. The van der Waals surface area contributed by atoms with Gasteiger partial charge >= 0.3 is 5.97 Å². The van der Waals surface area contributed by atoms with E-state index >= 15 is 0 Å². The molecule has 0 saturated carbocycles. The van der Waals surface area contributed by atoms with Crippen LogP contribution in [-0.4, -0.2) is 17.6 Å². The van der Waals surface area contributed by atoms with E-state index < -0.39 is 5.97 Å². The van der Waals surface area contributed by atoms with Crippen LogP contribution in [0.2, 0.25) is 0 Å². The lowest BCUT2D eigenvalue weighted by Gasteiger charge is -2.23. The van der Waals surface area contributed by atoms with Gasteiger partial charge in [-0.15, -0.1) is 0 Å². The first-order valence-corrected chi connectivity index (χ1v) is 6.47. The van der Waals surface area contributed by atoms with Crippen LogP contribution < -0.4 is 5.32 Å². The van der Waals surface area contributed by atoms with E-state index in [1.165, 1.54) is 5.56 Å². The molecule has 0 spiro atoms. The lowest BCUT2D eigenvalue weighted by molar-refractivity contribution is -0.139. The van der Waals surface area contributed by atoms with Gasteiger partial charge in [0.1, 0.15) is 0 Å². The van der Waals surface area contributed by atoms with Crippen molar-refractivity contribution in [1.29, 1.82) is 0 Å². The molecule has 0 aliphatic heterocycles. The van der Waals surface area contributed by atoms with E-state index in [0.717, 1.165) is 18.5 Å². The highest BCUT2D eigenvalue weighted by Gasteiger charge is 2.21. The summed E-state index contributed by atoms with van der Waals surface area (Å²) in [6, 6.07) is 8.36. The Morgan fingerprint density at radius 3 is 2.39 bits per heavy atom. The Morgan fingerprint density at radius 2 is 1.89 bits per heavy atom. The summed E-state index contributed by atoms with van der Waals surface area (Å²) in [7, 11) is 0. The van der Waals surface area contributed by atoms with E-state index in [2.05, 4.69) is 36.5 Å². The largest absolute Gasteiger partial charge is 0.481 e. The zero-order chi connectivity index (χ0) is 13.6. The highest BCUT2D eigenvalue weighted by molar-refractivity contribution is 5.67. The lowest BCUT2D eigenvalue weighted by Crippen LogP contribution is -2.26. The third kappa shape index (κ3) is 5.21. The van der Waals surface area contributed by atoms with Crippen LogP contribution in [0.25, 0.3) is 0 Å². The number of aryl methyl sites for hydroxylation is 1. The number of anilines is 1. The molecule has 0 unspecified atom stereocenters. The molecule has 100 valence electrons. The molecule has 0 atom stereocenters. The van der Waals surface area contributed by atoms with Gasteiger partial charge in [-0.25, -0.2) is 0 Å². The molecule has 0 saturated heterocycles. The van der Waals surface area contributed by atoms with E-state index in [1.807, 2.05) is 13.8 Å². The van der Waals surface area contributed by atoms with Crippen LogP contribution in [0.3, 0.4) is 0 Å². The summed E-state index contributed by atoms with van der Waals surface area (Å²) < 4.78 is 0. The molecule has 18 heavy (non-hydrogen) atoms. The Hall–Kier alpha value is -1.51. The molecule has 1 aromatic rings. The molecule has 1 rings (SSSR count). The number of carbonyl (C=O) groups is 1. The highest BCUT2D eigenvalue weighted by Crippen LogP contribution is 2.21. The quantitative estimate of drug-likeness (QED) is 0.777. The molecular formula is C15H23NO2. The van der Waals surface area contributed by atoms with Gasteiger partial charge in [0.05, 0.1) is 6.42 Å². The number of rotatable bonds is 7. The van der Waals surface area contributed by atoms with Gasteiger partial charge < -0.3 is 10.4 Å². The average Bonchev–Trinajstić information content (AvgIpc) is 2.27. The molecule has 0 bridgehead atoms. The van der Waals surface area contributed by atoms with E-state index in [1.54, 1.807) is 0 Å². The summed E-state index contributed by atoms with van der Waals surface area (Å²) in [5.74, 6) is -0.750. The van der Waals surface area contributed by atoms with Gasteiger partial charge in [0.2, 0.25) is 0 Å². The predicted octanol–water partition coefficient (Wildman–Crippen LogP) is 3.55. The minimum Gasteiger partial charge on any atom is -0.481 e. The van der Waals surface area contributed by atoms with Crippen molar-refractivity contribution in [3.63, 3.8) is 0 Å². The summed E-state index contributed by atoms with van der Waals surface area (Å²) >= 11 is 0. The van der Waals surface area contributed by atoms with E-state index in [9.17, 15) is 4.79 Å². The minimum absolute atomic E-state index is 0.175. The Kier molecular flexibility index (Phi) is 5.20. The molecule has 0 amide bonds. The Morgan fingerprint density at radius 1 is 1.28 bits per heavy atom. The third-order valence-electron chi connectivity index (χ3n) is 2.89. The fourth-order valence-electron chi connectivity index (χ4n) is 1.89. The number of aliphatic carboxylic acids is 1. The summed E-state index contributed by atoms with van der Waals surface area (Å²) in [6.45, 7) is 6.74. The smallest absolute Gasteiger partial charge is 0.303 e. The Labute approximate surface area is 109 Å². The van der Waals surface area contributed by atoms with Crippen molar-refractivity contribution in [3.8, 4) is 0 Å². The number of hydrogen-bond acceptors (Lipinski definition) is 2. The van der Waals surface area contributed by atoms with Crippen LogP contribution in [-0.2, 0) is 11.2 Å². The topological polar surface area (TPSA) is 49.3 Å². The first kappa shape index (κ1) is 14.6. The van der Waals surface area contributed by atoms with Crippen molar-refractivity contribution in [3.05, 3.63) is 29.8 Å². The standard InChI is InChI=1S/C15H23NO2/c1-4-5-12-6-8-13(9-7-12)16-11-15(2,3)10-14(17)18/h6-9,16H,4-5,10-11H2,1-3H3,(H,17,18). The summed E-state index contributed by atoms with van der Waals surface area (Å²) in [4.78, 5) is 10.7. The minimum atomic E-state index is -0.750. The maximum Gasteiger partial charge on any atom is 0.303 e. The van der Waals surface area contributed by atoms with Crippen LogP contribution >= 0.6 is 0 Å². The molecule has 0 heterocycles. The average molecular weight is 249 g/mol. The highest BCUT2D eigenvalue weighted by atomic mass is 16.4. The first-order valence-electron chi connectivity index (χ1n) is 6.47. The van der Waals surface area contributed by atoms with Crippen molar-refractivity contribution in [2.75, 3.05) is 11.9 Å². The molecule has 2 N–H and O–H groups in total. The van der Waals surface area contributed by atoms with Crippen molar-refractivity contribution < 1.29 is 9.90 Å². The number of hydrogen-bond donors (Lipinski definition) is 2. The van der Waals surface area contributed by atoms with Crippen LogP contribution in [0.5, 0.6) is 0 Å². The fourth-order valence-corrected chi connectivity index (χ4v) is 1.89. The van der Waals surface area contributed by atoms with Crippen LogP contribution in [0.1, 0.15) is 39.2 Å². The number of carboxylic acid groups (broad SMARTS) is 1. The van der Waals surface area contributed by atoms with E-state index in [0.29, 0.717) is 6.54 Å². The molecule has 0 radical (unpaired) electrons. The van der Waals surface area contributed by atoms with E-state index in [-0.39, 0.29) is 11.8 Å². The Balaban J connectivity index is 2.50.